The fourth-order valence-electron chi connectivity index (χ4n) is 2.35. The molecule has 1 aliphatic heterocycles. The molecule has 3 N–H and O–H groups in total. The van der Waals surface area contributed by atoms with Crippen LogP contribution in [0.2, 0.25) is 0 Å². The van der Waals surface area contributed by atoms with Crippen molar-refractivity contribution in [3.63, 3.8) is 0 Å². The molecule has 0 aromatic carbocycles. The number of piperazine rings is 1. The molecular formula is C16H36N3O5P. The number of carbonyl (C=O) groups is 1. The van der Waals surface area contributed by atoms with E-state index in [1.165, 1.54) is 0 Å². The summed E-state index contributed by atoms with van der Waals surface area (Å²) in [5, 5.41) is 8.06. The number of aliphatic hydroxyl groups excluding tert-OH is 1. The van der Waals surface area contributed by atoms with Gasteiger partial charge >= 0.3 is 7.67 Å². The Morgan fingerprint density at radius 2 is 1.64 bits per heavy atom. The molecule has 1 atom stereocenters. The lowest BCUT2D eigenvalue weighted by molar-refractivity contribution is -0.155. The van der Waals surface area contributed by atoms with Crippen LogP contribution in [0.15, 0.2) is 0 Å². The summed E-state index contributed by atoms with van der Waals surface area (Å²) < 4.78 is 24.7. The fraction of sp³-hybridized carbons (Fsp3) is 0.938. The van der Waals surface area contributed by atoms with Crippen molar-refractivity contribution in [3.05, 3.63) is 0 Å². The van der Waals surface area contributed by atoms with Crippen molar-refractivity contribution in [1.29, 1.82) is 0 Å². The van der Waals surface area contributed by atoms with Gasteiger partial charge in [-0.15, -0.1) is 0 Å². The van der Waals surface area contributed by atoms with Crippen LogP contribution in [-0.2, 0) is 18.6 Å². The number of nitrogens with two attached hydrogens (primary N) is 1. The highest BCUT2D eigenvalue weighted by Crippen LogP contribution is 2.44. The molecule has 0 bridgehead atoms. The van der Waals surface area contributed by atoms with Gasteiger partial charge < -0.3 is 19.3 Å². The van der Waals surface area contributed by atoms with E-state index in [9.17, 15) is 9.36 Å². The van der Waals surface area contributed by atoms with E-state index in [2.05, 4.69) is 0 Å². The van der Waals surface area contributed by atoms with Crippen molar-refractivity contribution in [2.45, 2.75) is 66.3 Å². The maximum Gasteiger partial charge on any atom is 0.341 e. The normalized spacial score (nSPS) is 18.8. The Balaban J connectivity index is 0.00000129. The molecule has 1 unspecified atom stereocenters. The number of hydrogen-bond donors (Lipinski definition) is 2. The number of aliphatic hydroxyl groups is 1. The van der Waals surface area contributed by atoms with Gasteiger partial charge in [0.05, 0.1) is 6.10 Å². The summed E-state index contributed by atoms with van der Waals surface area (Å²) in [5.74, 6) is -0.0550. The quantitative estimate of drug-likeness (QED) is 0.676. The number of carbonyl (C=O) groups excluding carboxylic acids is 1. The number of ether oxygens (including phenoxy) is 1. The molecule has 150 valence electrons. The minimum atomic E-state index is -3.27. The van der Waals surface area contributed by atoms with Crippen LogP contribution in [0, 0.1) is 0 Å². The number of nitrogens with zero attached hydrogens (tertiary/aromatic N) is 2. The van der Waals surface area contributed by atoms with Gasteiger partial charge in [0, 0.05) is 38.9 Å². The van der Waals surface area contributed by atoms with Crippen molar-refractivity contribution in [3.8, 4) is 0 Å². The molecule has 1 aliphatic rings. The predicted octanol–water partition coefficient (Wildman–Crippen LogP) is 1.82. The van der Waals surface area contributed by atoms with Crippen LogP contribution in [0.25, 0.3) is 0 Å². The topological polar surface area (TPSA) is 105 Å². The lowest BCUT2D eigenvalue weighted by Gasteiger charge is -2.39. The minimum Gasteiger partial charge on any atom is -0.394 e. The van der Waals surface area contributed by atoms with Crippen molar-refractivity contribution in [2.75, 3.05) is 32.8 Å². The molecule has 0 saturated carbocycles. The Morgan fingerprint density at radius 3 is 2.00 bits per heavy atom. The van der Waals surface area contributed by atoms with Crippen LogP contribution in [0.4, 0.5) is 0 Å². The monoisotopic (exact) mass is 381 g/mol. The highest BCUT2D eigenvalue weighted by Gasteiger charge is 2.37. The van der Waals surface area contributed by atoms with Gasteiger partial charge in [0.25, 0.3) is 5.91 Å². The fourth-order valence-corrected chi connectivity index (χ4v) is 3.82. The molecule has 1 heterocycles. The lowest BCUT2D eigenvalue weighted by Crippen LogP contribution is -2.54. The molecule has 8 nitrogen and oxygen atoms in total. The Hall–Kier alpha value is -0.500. The van der Waals surface area contributed by atoms with E-state index in [-0.39, 0.29) is 18.1 Å². The zero-order chi connectivity index (χ0) is 19.8. The Morgan fingerprint density at radius 1 is 1.20 bits per heavy atom. The van der Waals surface area contributed by atoms with Gasteiger partial charge in [-0.2, -0.15) is 0 Å². The van der Waals surface area contributed by atoms with Gasteiger partial charge in [-0.1, -0.05) is 0 Å². The van der Waals surface area contributed by atoms with Gasteiger partial charge in [0.2, 0.25) is 0 Å². The minimum absolute atomic E-state index is 0.0550. The first kappa shape index (κ1) is 24.5. The Bertz CT molecular complexity index is 446. The largest absolute Gasteiger partial charge is 0.394 e. The van der Waals surface area contributed by atoms with Crippen LogP contribution in [-0.4, -0.2) is 71.2 Å². The van der Waals surface area contributed by atoms with E-state index in [1.54, 1.807) is 51.1 Å². The smallest absolute Gasteiger partial charge is 0.341 e. The van der Waals surface area contributed by atoms with Gasteiger partial charge in [0.15, 0.2) is 0 Å². The molecule has 0 aromatic rings. The van der Waals surface area contributed by atoms with Gasteiger partial charge in [-0.3, -0.25) is 9.36 Å². The highest BCUT2D eigenvalue weighted by atomic mass is 31.2. The molecular weight excluding hydrogens is 345 g/mol. The second-order valence-corrected chi connectivity index (χ2v) is 8.91. The van der Waals surface area contributed by atoms with Crippen molar-refractivity contribution >= 4 is 13.6 Å². The molecule has 25 heavy (non-hydrogen) atoms. The Labute approximate surface area is 152 Å². The molecule has 0 aromatic heterocycles. The van der Waals surface area contributed by atoms with Gasteiger partial charge in [-0.05, 0) is 48.5 Å². The molecule has 1 fully saturated rings. The van der Waals surface area contributed by atoms with E-state index >= 15 is 0 Å². The second-order valence-electron chi connectivity index (χ2n) is 7.00. The van der Waals surface area contributed by atoms with Gasteiger partial charge in [0.1, 0.15) is 5.60 Å². The zero-order valence-electron chi connectivity index (χ0n) is 16.7. The van der Waals surface area contributed by atoms with Crippen molar-refractivity contribution in [2.24, 2.45) is 5.50 Å². The Kier molecular flexibility index (Phi) is 10.4. The summed E-state index contributed by atoms with van der Waals surface area (Å²) in [6, 6.07) is 0. The van der Waals surface area contributed by atoms with E-state index in [4.69, 9.17) is 19.9 Å². The van der Waals surface area contributed by atoms with Crippen LogP contribution >= 0.6 is 7.67 Å². The predicted molar refractivity (Wildman–Crippen MR) is 99.2 cm³/mol. The van der Waals surface area contributed by atoms with E-state index in [0.29, 0.717) is 32.8 Å². The van der Waals surface area contributed by atoms with Crippen LogP contribution in [0.1, 0.15) is 48.5 Å². The second kappa shape index (κ2) is 10.6. The average molecular weight is 381 g/mol. The number of rotatable bonds is 6. The van der Waals surface area contributed by atoms with Crippen molar-refractivity contribution in [1.82, 2.24) is 9.57 Å². The van der Waals surface area contributed by atoms with E-state index < -0.39 is 13.3 Å². The summed E-state index contributed by atoms with van der Waals surface area (Å²) >= 11 is 0. The SMILES string of the molecule is CC(C)O.CCOC(C)(C)C(=O)N1CCN(P(N)(=O)OC(C)C)CC1. The number of hydrogen-bond acceptors (Lipinski definition) is 5. The molecule has 0 spiro atoms. The highest BCUT2D eigenvalue weighted by molar-refractivity contribution is 7.53. The summed E-state index contributed by atoms with van der Waals surface area (Å²) in [6.07, 6.45) is -0.364. The van der Waals surface area contributed by atoms with E-state index in [1.807, 2.05) is 6.92 Å². The molecule has 1 saturated heterocycles. The molecule has 9 heteroatoms. The summed E-state index contributed by atoms with van der Waals surface area (Å²) in [4.78, 5) is 14.1. The third-order valence-electron chi connectivity index (χ3n) is 3.32. The maximum absolute atomic E-state index is 12.4. The third-order valence-corrected chi connectivity index (χ3v) is 5.23. The first-order chi connectivity index (χ1) is 11.3. The van der Waals surface area contributed by atoms with Crippen LogP contribution in [0.5, 0.6) is 0 Å². The third kappa shape index (κ3) is 9.13. The zero-order valence-corrected chi connectivity index (χ0v) is 17.6. The standard InChI is InChI=1S/C13H28N3O4P.C3H8O/c1-6-19-13(4,5)12(17)15-7-9-16(10-8-15)21(14,18)20-11(2)3;1-3(2)4/h11H,6-10H2,1-5H3,(H2,14,18);3-4H,1-2H3. The van der Waals surface area contributed by atoms with Gasteiger partial charge in [-0.25, -0.2) is 10.2 Å². The summed E-state index contributed by atoms with van der Waals surface area (Å²) in [7, 11) is -3.27. The van der Waals surface area contributed by atoms with Crippen molar-refractivity contribution < 1.29 is 23.7 Å². The lowest BCUT2D eigenvalue weighted by atomic mass is 10.1. The van der Waals surface area contributed by atoms with Crippen LogP contribution < -0.4 is 5.50 Å². The molecule has 1 rings (SSSR count). The van der Waals surface area contributed by atoms with E-state index in [0.717, 1.165) is 0 Å². The average Bonchev–Trinajstić information content (AvgIpc) is 2.44. The maximum atomic E-state index is 12.4. The first-order valence-electron chi connectivity index (χ1n) is 8.77. The summed E-state index contributed by atoms with van der Waals surface area (Å²) in [6.45, 7) is 14.7. The molecule has 0 aliphatic carbocycles. The summed E-state index contributed by atoms with van der Waals surface area (Å²) in [5.41, 5.74) is 4.94. The molecule has 0 radical (unpaired) electrons. The first-order valence-corrected chi connectivity index (χ1v) is 10.4. The van der Waals surface area contributed by atoms with Crippen LogP contribution in [0.3, 0.4) is 0 Å². The molecule has 1 amide bonds. The number of amides is 1.